The van der Waals surface area contributed by atoms with Crippen molar-refractivity contribution in [3.8, 4) is 0 Å². The molecular formula is C20H22OSi3. The van der Waals surface area contributed by atoms with E-state index in [1.54, 1.807) is 15.6 Å². The predicted octanol–water partition coefficient (Wildman–Crippen LogP) is 1.07. The predicted molar refractivity (Wildman–Crippen MR) is 110 cm³/mol. The maximum Gasteiger partial charge on any atom is 0.150 e. The molecule has 24 heavy (non-hydrogen) atoms. The summed E-state index contributed by atoms with van der Waals surface area (Å²) in [4.78, 5) is 0. The summed E-state index contributed by atoms with van der Waals surface area (Å²) >= 11 is 0. The third-order valence-corrected chi connectivity index (χ3v) is 30.6. The normalized spacial score (nSPS) is 20.8. The molecule has 3 aromatic carbocycles. The van der Waals surface area contributed by atoms with Gasteiger partial charge in [-0.05, 0) is 6.04 Å². The molecule has 1 aliphatic heterocycles. The third-order valence-electron chi connectivity index (χ3n) is 5.30. The lowest BCUT2D eigenvalue weighted by molar-refractivity contribution is 0.366. The smallest absolute Gasteiger partial charge is 0.150 e. The molecule has 3 aromatic rings. The minimum absolute atomic E-state index is 0.467. The van der Waals surface area contributed by atoms with Crippen LogP contribution in [0.5, 0.6) is 0 Å². The molecular weight excluding hydrogens is 340 g/mol. The number of benzene rings is 3. The Hall–Kier alpha value is -1.73. The Labute approximate surface area is 148 Å². The quantitative estimate of drug-likeness (QED) is 0.634. The van der Waals surface area contributed by atoms with E-state index in [4.69, 9.17) is 4.43 Å². The Morgan fingerprint density at radius 2 is 1.21 bits per heavy atom. The third kappa shape index (κ3) is 2.76. The van der Waals surface area contributed by atoms with Gasteiger partial charge in [-0.15, -0.1) is 0 Å². The molecule has 0 amide bonds. The summed E-state index contributed by atoms with van der Waals surface area (Å²) in [5.74, 6) is 0. The van der Waals surface area contributed by atoms with Crippen molar-refractivity contribution >= 4 is 40.3 Å². The summed E-state index contributed by atoms with van der Waals surface area (Å²) in [6, 6.07) is 35.3. The summed E-state index contributed by atoms with van der Waals surface area (Å²) in [5.41, 5.74) is 0. The largest absolute Gasteiger partial charge is 0.428 e. The van der Waals surface area contributed by atoms with Crippen LogP contribution in [0, 0.1) is 0 Å². The fourth-order valence-electron chi connectivity index (χ4n) is 4.15. The van der Waals surface area contributed by atoms with Crippen LogP contribution in [-0.4, -0.2) is 31.3 Å². The average molecular weight is 363 g/mol. The van der Waals surface area contributed by atoms with Gasteiger partial charge in [0, 0.05) is 6.61 Å². The highest BCUT2D eigenvalue weighted by molar-refractivity contribution is 7.62. The fraction of sp³-hybridized carbons (Fsp3) is 0.100. The number of rotatable bonds is 3. The molecule has 0 spiro atoms. The van der Waals surface area contributed by atoms with E-state index < -0.39 is 24.7 Å². The van der Waals surface area contributed by atoms with Gasteiger partial charge in [-0.3, -0.25) is 0 Å². The second kappa shape index (κ2) is 7.03. The molecule has 1 heterocycles. The summed E-state index contributed by atoms with van der Waals surface area (Å²) in [6.07, 6.45) is 0. The van der Waals surface area contributed by atoms with E-state index in [2.05, 4.69) is 91.0 Å². The van der Waals surface area contributed by atoms with Crippen molar-refractivity contribution in [1.29, 1.82) is 0 Å². The molecule has 0 bridgehead atoms. The van der Waals surface area contributed by atoms with Crippen molar-refractivity contribution in [3.05, 3.63) is 91.0 Å². The Morgan fingerprint density at radius 1 is 0.708 bits per heavy atom. The first-order valence-electron chi connectivity index (χ1n) is 8.65. The molecule has 120 valence electrons. The Morgan fingerprint density at radius 3 is 1.75 bits per heavy atom. The zero-order chi connectivity index (χ0) is 16.2. The van der Waals surface area contributed by atoms with Gasteiger partial charge in [0.2, 0.25) is 0 Å². The zero-order valence-electron chi connectivity index (χ0n) is 13.8. The van der Waals surface area contributed by atoms with Crippen molar-refractivity contribution in [1.82, 2.24) is 0 Å². The summed E-state index contributed by atoms with van der Waals surface area (Å²) in [7, 11) is -3.33. The monoisotopic (exact) mass is 362 g/mol. The van der Waals surface area contributed by atoms with Crippen LogP contribution >= 0.6 is 0 Å². The average Bonchev–Trinajstić information content (AvgIpc) is 2.70. The lowest BCUT2D eigenvalue weighted by Crippen LogP contribution is -2.77. The standard InChI is InChI=1S/C20H22OSi3/c1-4-10-18(11-5-1)23-22-21-16-17-24(23,19-12-6-2-7-13-19)20-14-8-3-9-15-20/h1-15,23H,16-17,22H2. The van der Waals surface area contributed by atoms with E-state index in [-0.39, 0.29) is 0 Å². The van der Waals surface area contributed by atoms with E-state index in [1.165, 1.54) is 6.04 Å². The molecule has 0 N–H and O–H groups in total. The maximum absolute atomic E-state index is 6.17. The van der Waals surface area contributed by atoms with Crippen LogP contribution in [0.25, 0.3) is 0 Å². The second-order valence-corrected chi connectivity index (χ2v) is 23.5. The molecule has 0 aromatic heterocycles. The van der Waals surface area contributed by atoms with E-state index in [0.29, 0.717) is 0 Å². The van der Waals surface area contributed by atoms with Crippen molar-refractivity contribution < 1.29 is 4.43 Å². The van der Waals surface area contributed by atoms with E-state index in [0.717, 1.165) is 6.61 Å². The van der Waals surface area contributed by atoms with E-state index >= 15 is 0 Å². The van der Waals surface area contributed by atoms with Gasteiger partial charge in [0.25, 0.3) is 0 Å². The summed E-state index contributed by atoms with van der Waals surface area (Å²) in [6.45, 7) is 0.957. The summed E-state index contributed by atoms with van der Waals surface area (Å²) in [5, 5.41) is 4.85. The summed E-state index contributed by atoms with van der Waals surface area (Å²) < 4.78 is 6.17. The van der Waals surface area contributed by atoms with Crippen LogP contribution in [0.1, 0.15) is 0 Å². The SMILES string of the molecule is c1ccc([SiH]2[SiH2]OCC[Si]2(c2ccccc2)c2ccccc2)cc1. The first-order valence-corrected chi connectivity index (χ1v) is 17.1. The van der Waals surface area contributed by atoms with Gasteiger partial charge in [-0.1, -0.05) is 107 Å². The highest BCUT2D eigenvalue weighted by Crippen LogP contribution is 2.19. The molecule has 1 unspecified atom stereocenters. The van der Waals surface area contributed by atoms with Gasteiger partial charge in [-0.2, -0.15) is 0 Å². The highest BCUT2D eigenvalue weighted by atomic mass is 29.6. The lowest BCUT2D eigenvalue weighted by atomic mass is 10.4. The molecule has 4 heteroatoms. The fourth-order valence-corrected chi connectivity index (χ4v) is 31.2. The van der Waals surface area contributed by atoms with Crippen LogP contribution in [0.4, 0.5) is 0 Å². The van der Waals surface area contributed by atoms with Crippen LogP contribution in [0.3, 0.4) is 0 Å². The van der Waals surface area contributed by atoms with Gasteiger partial charge in [-0.25, -0.2) is 0 Å². The Balaban J connectivity index is 1.94. The van der Waals surface area contributed by atoms with Crippen molar-refractivity contribution in [2.45, 2.75) is 6.04 Å². The molecule has 0 aliphatic carbocycles. The van der Waals surface area contributed by atoms with Crippen LogP contribution in [-0.2, 0) is 4.43 Å². The second-order valence-electron chi connectivity index (χ2n) is 6.49. The van der Waals surface area contributed by atoms with Gasteiger partial charge in [0.1, 0.15) is 7.59 Å². The molecule has 0 radical (unpaired) electrons. The van der Waals surface area contributed by atoms with Gasteiger partial charge in [0.15, 0.2) is 9.28 Å². The number of hydrogen-bond donors (Lipinski definition) is 0. The molecule has 4 rings (SSSR count). The van der Waals surface area contributed by atoms with Gasteiger partial charge >= 0.3 is 0 Å². The Bertz CT molecular complexity index is 738. The Kier molecular flexibility index (Phi) is 4.62. The molecule has 0 saturated carbocycles. The maximum atomic E-state index is 6.17. The highest BCUT2D eigenvalue weighted by Gasteiger charge is 2.48. The molecule has 1 nitrogen and oxygen atoms in total. The molecule has 1 fully saturated rings. The van der Waals surface area contributed by atoms with Crippen molar-refractivity contribution in [2.24, 2.45) is 0 Å². The first kappa shape index (κ1) is 15.8. The van der Waals surface area contributed by atoms with Gasteiger partial charge < -0.3 is 4.43 Å². The van der Waals surface area contributed by atoms with Gasteiger partial charge in [0.05, 0.1) is 7.83 Å². The van der Waals surface area contributed by atoms with E-state index in [1.807, 2.05) is 0 Å². The van der Waals surface area contributed by atoms with Crippen LogP contribution < -0.4 is 15.6 Å². The minimum Gasteiger partial charge on any atom is -0.428 e. The minimum atomic E-state index is -1.73. The van der Waals surface area contributed by atoms with E-state index in [9.17, 15) is 0 Å². The zero-order valence-corrected chi connectivity index (χ0v) is 17.3. The number of hydrogen-bond acceptors (Lipinski definition) is 1. The van der Waals surface area contributed by atoms with Crippen LogP contribution in [0.2, 0.25) is 6.04 Å². The molecule has 1 aliphatic rings. The first-order chi connectivity index (χ1) is 11.9. The molecule has 1 atom stereocenters. The van der Waals surface area contributed by atoms with Crippen LogP contribution in [0.15, 0.2) is 91.0 Å². The van der Waals surface area contributed by atoms with Crippen molar-refractivity contribution in [2.75, 3.05) is 6.61 Å². The van der Waals surface area contributed by atoms with Crippen molar-refractivity contribution in [3.63, 3.8) is 0 Å². The lowest BCUT2D eigenvalue weighted by Gasteiger charge is -2.42. The topological polar surface area (TPSA) is 9.23 Å². The molecule has 1 saturated heterocycles.